The highest BCUT2D eigenvalue weighted by Crippen LogP contribution is 2.35. The lowest BCUT2D eigenvalue weighted by Crippen LogP contribution is -2.17. The molecule has 1 aliphatic rings. The van der Waals surface area contributed by atoms with Gasteiger partial charge >= 0.3 is 0 Å². The minimum atomic E-state index is 0.418. The second-order valence-electron chi connectivity index (χ2n) is 7.68. The first-order valence-corrected chi connectivity index (χ1v) is 9.23. The molecule has 2 N–H and O–H groups in total. The van der Waals surface area contributed by atoms with Crippen LogP contribution in [0.15, 0.2) is 47.2 Å². The molecule has 23 heavy (non-hydrogen) atoms. The van der Waals surface area contributed by atoms with Crippen molar-refractivity contribution in [2.45, 2.75) is 67.2 Å². The van der Waals surface area contributed by atoms with E-state index in [1.807, 2.05) is 0 Å². The molecular formula is C22H37N. The highest BCUT2D eigenvalue weighted by molar-refractivity contribution is 5.33. The van der Waals surface area contributed by atoms with Gasteiger partial charge in [-0.25, -0.2) is 0 Å². The van der Waals surface area contributed by atoms with Gasteiger partial charge in [0.15, 0.2) is 0 Å². The molecule has 0 saturated carbocycles. The van der Waals surface area contributed by atoms with E-state index in [1.165, 1.54) is 29.6 Å². The molecule has 1 nitrogen and oxygen atoms in total. The average molecular weight is 316 g/mol. The third-order valence-electron chi connectivity index (χ3n) is 5.70. The number of nitrogens with two attached hydrogens (primary N) is 1. The quantitative estimate of drug-likeness (QED) is 0.586. The molecule has 3 unspecified atom stereocenters. The number of allylic oxidation sites excluding steroid dienone is 6. The fraction of sp³-hybridized carbons (Fsp3) is 0.636. The summed E-state index contributed by atoms with van der Waals surface area (Å²) in [6, 6.07) is 0. The summed E-state index contributed by atoms with van der Waals surface area (Å²) in [4.78, 5) is 0. The fourth-order valence-corrected chi connectivity index (χ4v) is 3.65. The van der Waals surface area contributed by atoms with Crippen LogP contribution in [0, 0.1) is 23.7 Å². The number of rotatable bonds is 2. The Kier molecular flexibility index (Phi) is 7.88. The minimum Gasteiger partial charge on any atom is -0.405 e. The van der Waals surface area contributed by atoms with Crippen LogP contribution in [0.2, 0.25) is 0 Å². The van der Waals surface area contributed by atoms with Crippen LogP contribution in [-0.2, 0) is 0 Å². The summed E-state index contributed by atoms with van der Waals surface area (Å²) in [5, 5.41) is 0. The van der Waals surface area contributed by atoms with Crippen molar-refractivity contribution in [2.75, 3.05) is 0 Å². The van der Waals surface area contributed by atoms with Crippen LogP contribution in [0.5, 0.6) is 0 Å². The Morgan fingerprint density at radius 1 is 1.26 bits per heavy atom. The maximum Gasteiger partial charge on any atom is -0.00999 e. The predicted octanol–water partition coefficient (Wildman–Crippen LogP) is 6.40. The Morgan fingerprint density at radius 2 is 1.91 bits per heavy atom. The van der Waals surface area contributed by atoms with Gasteiger partial charge in [0.05, 0.1) is 0 Å². The van der Waals surface area contributed by atoms with Crippen molar-refractivity contribution in [1.82, 2.24) is 0 Å². The van der Waals surface area contributed by atoms with E-state index in [0.717, 1.165) is 12.8 Å². The second kappa shape index (κ2) is 9.15. The molecule has 0 amide bonds. The molecule has 0 aromatic rings. The lowest BCUT2D eigenvalue weighted by atomic mass is 9.76. The molecule has 0 aromatic heterocycles. The Labute approximate surface area is 144 Å². The van der Waals surface area contributed by atoms with Gasteiger partial charge in [0.1, 0.15) is 0 Å². The normalized spacial score (nSPS) is 34.1. The molecule has 1 aliphatic carbocycles. The van der Waals surface area contributed by atoms with Crippen LogP contribution in [0.25, 0.3) is 0 Å². The van der Waals surface area contributed by atoms with Crippen LogP contribution < -0.4 is 5.73 Å². The predicted molar refractivity (Wildman–Crippen MR) is 104 cm³/mol. The van der Waals surface area contributed by atoms with Crippen molar-refractivity contribution in [1.29, 1.82) is 0 Å². The van der Waals surface area contributed by atoms with Crippen molar-refractivity contribution in [3.8, 4) is 0 Å². The first-order chi connectivity index (χ1) is 10.8. The summed E-state index contributed by atoms with van der Waals surface area (Å²) < 4.78 is 0. The Morgan fingerprint density at radius 3 is 2.48 bits per heavy atom. The molecule has 0 heterocycles. The Hall–Kier alpha value is -1.24. The van der Waals surface area contributed by atoms with Gasteiger partial charge in [0.2, 0.25) is 0 Å². The van der Waals surface area contributed by atoms with Gasteiger partial charge in [-0.3, -0.25) is 0 Å². The van der Waals surface area contributed by atoms with Gasteiger partial charge in [-0.2, -0.15) is 0 Å². The van der Waals surface area contributed by atoms with E-state index in [1.54, 1.807) is 11.8 Å². The zero-order valence-electron chi connectivity index (χ0n) is 16.2. The minimum absolute atomic E-state index is 0.418. The summed E-state index contributed by atoms with van der Waals surface area (Å²) >= 11 is 0. The summed E-state index contributed by atoms with van der Waals surface area (Å²) in [7, 11) is 0. The molecule has 130 valence electrons. The molecule has 0 bridgehead atoms. The topological polar surface area (TPSA) is 26.0 Å². The summed E-state index contributed by atoms with van der Waals surface area (Å²) in [5.74, 6) is 2.05. The van der Waals surface area contributed by atoms with Gasteiger partial charge in [0.25, 0.3) is 0 Å². The Balaban J connectivity index is 3.22. The average Bonchev–Trinajstić information content (AvgIpc) is 2.50. The molecule has 0 saturated heterocycles. The molecule has 3 atom stereocenters. The van der Waals surface area contributed by atoms with E-state index < -0.39 is 0 Å². The SMILES string of the molecule is C=C1/C(C(C)C)=C/CCCC(C)/C(C)=C(/C)CC(/C=C\N)C1C. The van der Waals surface area contributed by atoms with Gasteiger partial charge in [-0.1, -0.05) is 57.6 Å². The summed E-state index contributed by atoms with van der Waals surface area (Å²) in [6.45, 7) is 18.3. The second-order valence-corrected chi connectivity index (χ2v) is 7.68. The summed E-state index contributed by atoms with van der Waals surface area (Å²) in [5.41, 5.74) is 11.6. The maximum atomic E-state index is 5.74. The Bertz CT molecular complexity index is 490. The van der Waals surface area contributed by atoms with Gasteiger partial charge in [-0.05, 0) is 80.5 Å². The van der Waals surface area contributed by atoms with Gasteiger partial charge in [0, 0.05) is 0 Å². The van der Waals surface area contributed by atoms with E-state index in [0.29, 0.717) is 23.7 Å². The van der Waals surface area contributed by atoms with Crippen LogP contribution in [-0.4, -0.2) is 0 Å². The molecular weight excluding hydrogens is 278 g/mol. The van der Waals surface area contributed by atoms with Crippen LogP contribution in [0.4, 0.5) is 0 Å². The van der Waals surface area contributed by atoms with Gasteiger partial charge < -0.3 is 5.73 Å². The van der Waals surface area contributed by atoms with E-state index in [9.17, 15) is 0 Å². The van der Waals surface area contributed by atoms with Crippen LogP contribution in [0.3, 0.4) is 0 Å². The molecule has 0 aromatic carbocycles. The molecule has 0 aliphatic heterocycles. The zero-order valence-corrected chi connectivity index (χ0v) is 16.2. The first-order valence-electron chi connectivity index (χ1n) is 9.23. The number of hydrogen-bond donors (Lipinski definition) is 1. The molecule has 1 heteroatoms. The lowest BCUT2D eigenvalue weighted by molar-refractivity contribution is 0.472. The van der Waals surface area contributed by atoms with Crippen molar-refractivity contribution in [2.24, 2.45) is 29.4 Å². The van der Waals surface area contributed by atoms with E-state index in [2.05, 4.69) is 60.3 Å². The van der Waals surface area contributed by atoms with Crippen molar-refractivity contribution in [3.05, 3.63) is 47.2 Å². The van der Waals surface area contributed by atoms with Crippen LogP contribution in [0.1, 0.15) is 67.2 Å². The van der Waals surface area contributed by atoms with E-state index >= 15 is 0 Å². The zero-order chi connectivity index (χ0) is 17.6. The van der Waals surface area contributed by atoms with E-state index in [-0.39, 0.29) is 0 Å². The third-order valence-corrected chi connectivity index (χ3v) is 5.70. The monoisotopic (exact) mass is 315 g/mol. The highest BCUT2D eigenvalue weighted by atomic mass is 14.5. The number of hydrogen-bond acceptors (Lipinski definition) is 1. The van der Waals surface area contributed by atoms with Gasteiger partial charge in [-0.15, -0.1) is 0 Å². The first kappa shape index (κ1) is 19.8. The van der Waals surface area contributed by atoms with Crippen LogP contribution >= 0.6 is 0 Å². The standard InChI is InChI=1S/C22H37N/c1-15(2)22-11-9-8-10-16(3)18(5)17(4)14-21(12-13-23)19(6)20(22)7/h11-13,15-16,19,21H,7-10,14,23H2,1-6H3/b13-12-,18-17-,22-11+. The molecule has 0 spiro atoms. The fourth-order valence-electron chi connectivity index (χ4n) is 3.65. The van der Waals surface area contributed by atoms with Crippen molar-refractivity contribution in [3.63, 3.8) is 0 Å². The molecule has 1 rings (SSSR count). The summed E-state index contributed by atoms with van der Waals surface area (Å²) in [6.07, 6.45) is 11.1. The maximum absolute atomic E-state index is 5.74. The van der Waals surface area contributed by atoms with Crippen molar-refractivity contribution < 1.29 is 0 Å². The molecule has 0 radical (unpaired) electrons. The third kappa shape index (κ3) is 5.41. The largest absolute Gasteiger partial charge is 0.405 e. The lowest BCUT2D eigenvalue weighted by Gasteiger charge is -2.28. The van der Waals surface area contributed by atoms with E-state index in [4.69, 9.17) is 5.73 Å². The highest BCUT2D eigenvalue weighted by Gasteiger charge is 2.23. The molecule has 0 fully saturated rings. The smallest absolute Gasteiger partial charge is 0.00999 e. The van der Waals surface area contributed by atoms with Crippen molar-refractivity contribution >= 4 is 0 Å².